The number of oxazole rings is 1. The second kappa shape index (κ2) is 4.25. The molecule has 0 radical (unpaired) electrons. The van der Waals surface area contributed by atoms with Crippen molar-refractivity contribution in [2.45, 2.75) is 25.9 Å². The normalized spacial score (nSPS) is 12.3. The highest BCUT2D eigenvalue weighted by Crippen LogP contribution is 2.36. The van der Waals surface area contributed by atoms with Gasteiger partial charge in [0, 0.05) is 5.92 Å². The van der Waals surface area contributed by atoms with Crippen molar-refractivity contribution < 1.29 is 27.5 Å². The Morgan fingerprint density at radius 2 is 2.00 bits per heavy atom. The third-order valence-electron chi connectivity index (χ3n) is 2.56. The molecule has 2 aromatic rings. The van der Waals surface area contributed by atoms with E-state index in [1.54, 1.807) is 13.8 Å². The number of carboxylic acid groups (broad SMARTS) is 1. The summed E-state index contributed by atoms with van der Waals surface area (Å²) in [7, 11) is 0. The lowest BCUT2D eigenvalue weighted by atomic mass is 10.1. The first-order chi connectivity index (χ1) is 8.70. The molecule has 0 amide bonds. The Hall–Kier alpha value is -2.05. The first kappa shape index (κ1) is 13.4. The molecule has 1 aromatic carbocycles. The highest BCUT2D eigenvalue weighted by atomic mass is 19.4. The van der Waals surface area contributed by atoms with Crippen molar-refractivity contribution in [3.05, 3.63) is 29.2 Å². The van der Waals surface area contributed by atoms with Gasteiger partial charge in [0.1, 0.15) is 5.52 Å². The fourth-order valence-corrected chi connectivity index (χ4v) is 1.63. The molecular weight excluding hydrogens is 263 g/mol. The zero-order valence-corrected chi connectivity index (χ0v) is 10.1. The number of benzene rings is 1. The standard InChI is InChI=1S/C12H10F3NO3/c1-5(2)10-16-9-7(12(13,14)15)3-6(11(17)18)4-8(9)19-10/h3-5H,1-2H3,(H,17,18). The maximum atomic E-state index is 12.9. The van der Waals surface area contributed by atoms with Crippen LogP contribution in [0.2, 0.25) is 0 Å². The van der Waals surface area contributed by atoms with E-state index in [9.17, 15) is 18.0 Å². The van der Waals surface area contributed by atoms with Crippen molar-refractivity contribution in [3.8, 4) is 0 Å². The Balaban J connectivity index is 2.79. The van der Waals surface area contributed by atoms with Gasteiger partial charge in [-0.15, -0.1) is 0 Å². The van der Waals surface area contributed by atoms with Gasteiger partial charge >= 0.3 is 12.1 Å². The number of halogens is 3. The molecule has 0 aliphatic rings. The van der Waals surface area contributed by atoms with Gasteiger partial charge in [-0.3, -0.25) is 0 Å². The molecule has 7 heteroatoms. The predicted molar refractivity (Wildman–Crippen MR) is 60.1 cm³/mol. The average molecular weight is 273 g/mol. The van der Waals surface area contributed by atoms with Gasteiger partial charge in [0.15, 0.2) is 11.5 Å². The number of rotatable bonds is 2. The Kier molecular flexibility index (Phi) is 3.00. The molecule has 0 spiro atoms. The van der Waals surface area contributed by atoms with Gasteiger partial charge in [-0.05, 0) is 12.1 Å². The first-order valence-electron chi connectivity index (χ1n) is 5.45. The molecule has 1 N–H and O–H groups in total. The molecule has 102 valence electrons. The fraction of sp³-hybridized carbons (Fsp3) is 0.333. The van der Waals surface area contributed by atoms with Gasteiger partial charge in [-0.1, -0.05) is 13.8 Å². The fourth-order valence-electron chi connectivity index (χ4n) is 1.63. The van der Waals surface area contributed by atoms with E-state index in [0.717, 1.165) is 6.07 Å². The summed E-state index contributed by atoms with van der Waals surface area (Å²) < 4.78 is 43.9. The smallest absolute Gasteiger partial charge is 0.418 e. The van der Waals surface area contributed by atoms with Crippen molar-refractivity contribution in [2.75, 3.05) is 0 Å². The zero-order valence-electron chi connectivity index (χ0n) is 10.1. The topological polar surface area (TPSA) is 63.3 Å². The molecule has 19 heavy (non-hydrogen) atoms. The first-order valence-corrected chi connectivity index (χ1v) is 5.45. The lowest BCUT2D eigenvalue weighted by Gasteiger charge is -2.07. The molecule has 0 saturated heterocycles. The summed E-state index contributed by atoms with van der Waals surface area (Å²) in [5.74, 6) is -1.50. The van der Waals surface area contributed by atoms with E-state index in [2.05, 4.69) is 4.98 Å². The van der Waals surface area contributed by atoms with Crippen LogP contribution in [0.15, 0.2) is 16.5 Å². The molecule has 0 aliphatic heterocycles. The number of carboxylic acids is 1. The van der Waals surface area contributed by atoms with Gasteiger partial charge in [-0.2, -0.15) is 13.2 Å². The Morgan fingerprint density at radius 3 is 2.47 bits per heavy atom. The number of nitrogens with zero attached hydrogens (tertiary/aromatic N) is 1. The number of aromatic carboxylic acids is 1. The molecule has 0 unspecified atom stereocenters. The van der Waals surface area contributed by atoms with Crippen LogP contribution in [0, 0.1) is 0 Å². The van der Waals surface area contributed by atoms with Crippen LogP contribution < -0.4 is 0 Å². The van der Waals surface area contributed by atoms with Crippen molar-refractivity contribution in [2.24, 2.45) is 0 Å². The van der Waals surface area contributed by atoms with Crippen LogP contribution >= 0.6 is 0 Å². The summed E-state index contributed by atoms with van der Waals surface area (Å²) in [4.78, 5) is 14.6. The largest absolute Gasteiger partial charge is 0.478 e. The molecule has 0 saturated carbocycles. The summed E-state index contributed by atoms with van der Waals surface area (Å²) in [5, 5.41) is 8.82. The highest BCUT2D eigenvalue weighted by Gasteiger charge is 2.35. The van der Waals surface area contributed by atoms with Gasteiger partial charge < -0.3 is 9.52 Å². The summed E-state index contributed by atoms with van der Waals surface area (Å²) in [6, 6.07) is 1.61. The molecule has 0 bridgehead atoms. The zero-order chi connectivity index (χ0) is 14.4. The van der Waals surface area contributed by atoms with Gasteiger partial charge in [0.2, 0.25) is 0 Å². The second-order valence-corrected chi connectivity index (χ2v) is 4.38. The Morgan fingerprint density at radius 1 is 1.37 bits per heavy atom. The van der Waals surface area contributed by atoms with Crippen molar-refractivity contribution in [1.82, 2.24) is 4.98 Å². The summed E-state index contributed by atoms with van der Waals surface area (Å²) in [6.45, 7) is 3.44. The lowest BCUT2D eigenvalue weighted by molar-refractivity contribution is -0.136. The third-order valence-corrected chi connectivity index (χ3v) is 2.56. The van der Waals surface area contributed by atoms with Crippen LogP contribution in [0.1, 0.15) is 41.6 Å². The summed E-state index contributed by atoms with van der Waals surface area (Å²) in [6.07, 6.45) is -4.69. The average Bonchev–Trinajstić information content (AvgIpc) is 2.69. The molecule has 0 atom stereocenters. The maximum Gasteiger partial charge on any atom is 0.418 e. The summed E-state index contributed by atoms with van der Waals surface area (Å²) in [5.41, 5.74) is -2.11. The van der Waals surface area contributed by atoms with E-state index >= 15 is 0 Å². The quantitative estimate of drug-likeness (QED) is 0.906. The van der Waals surface area contributed by atoms with E-state index in [4.69, 9.17) is 9.52 Å². The Labute approximate surface area is 105 Å². The van der Waals surface area contributed by atoms with Crippen LogP contribution in [-0.2, 0) is 6.18 Å². The van der Waals surface area contributed by atoms with E-state index in [1.807, 2.05) is 0 Å². The van der Waals surface area contributed by atoms with Crippen LogP contribution in [0.4, 0.5) is 13.2 Å². The van der Waals surface area contributed by atoms with Crippen molar-refractivity contribution in [1.29, 1.82) is 0 Å². The molecule has 0 fully saturated rings. The highest BCUT2D eigenvalue weighted by molar-refractivity contribution is 5.93. The number of hydrogen-bond acceptors (Lipinski definition) is 3. The van der Waals surface area contributed by atoms with E-state index in [0.29, 0.717) is 6.07 Å². The van der Waals surface area contributed by atoms with E-state index in [-0.39, 0.29) is 22.9 Å². The van der Waals surface area contributed by atoms with Crippen LogP contribution in [0.25, 0.3) is 11.1 Å². The van der Waals surface area contributed by atoms with Gasteiger partial charge in [-0.25, -0.2) is 9.78 Å². The SMILES string of the molecule is CC(C)c1nc2c(C(F)(F)F)cc(C(=O)O)cc2o1. The van der Waals surface area contributed by atoms with Gasteiger partial charge in [0.05, 0.1) is 11.1 Å². The monoisotopic (exact) mass is 273 g/mol. The minimum atomic E-state index is -4.69. The van der Waals surface area contributed by atoms with Crippen molar-refractivity contribution >= 4 is 17.1 Å². The van der Waals surface area contributed by atoms with Crippen LogP contribution in [-0.4, -0.2) is 16.1 Å². The van der Waals surface area contributed by atoms with E-state index in [1.165, 1.54) is 0 Å². The molecule has 4 nitrogen and oxygen atoms in total. The third kappa shape index (κ3) is 2.40. The van der Waals surface area contributed by atoms with Crippen LogP contribution in [0.5, 0.6) is 0 Å². The number of hydrogen-bond donors (Lipinski definition) is 1. The minimum absolute atomic E-state index is 0.142. The number of carbonyl (C=O) groups is 1. The lowest BCUT2D eigenvalue weighted by Crippen LogP contribution is -2.08. The van der Waals surface area contributed by atoms with Crippen molar-refractivity contribution in [3.63, 3.8) is 0 Å². The molecule has 1 aromatic heterocycles. The minimum Gasteiger partial charge on any atom is -0.478 e. The number of aromatic nitrogens is 1. The second-order valence-electron chi connectivity index (χ2n) is 4.38. The summed E-state index contributed by atoms with van der Waals surface area (Å²) >= 11 is 0. The number of fused-ring (bicyclic) bond motifs is 1. The molecule has 1 heterocycles. The molecule has 0 aliphatic carbocycles. The van der Waals surface area contributed by atoms with E-state index < -0.39 is 23.3 Å². The number of alkyl halides is 3. The van der Waals surface area contributed by atoms with Crippen LogP contribution in [0.3, 0.4) is 0 Å². The van der Waals surface area contributed by atoms with Gasteiger partial charge in [0.25, 0.3) is 0 Å². The Bertz CT molecular complexity index is 643. The molecular formula is C12H10F3NO3. The maximum absolute atomic E-state index is 12.9. The molecule has 2 rings (SSSR count). The predicted octanol–water partition coefficient (Wildman–Crippen LogP) is 3.67.